The number of aryl methyl sites for hydroxylation is 4. The molecule has 0 aliphatic heterocycles. The maximum Gasteiger partial charge on any atom is 0.164 e. The van der Waals surface area contributed by atoms with Gasteiger partial charge in [-0.3, -0.25) is 0 Å². The lowest BCUT2D eigenvalue weighted by Crippen LogP contribution is -2.03. The summed E-state index contributed by atoms with van der Waals surface area (Å²) in [7, 11) is 0. The van der Waals surface area contributed by atoms with Crippen molar-refractivity contribution in [2.75, 3.05) is 0 Å². The first-order valence-corrected chi connectivity index (χ1v) is 26.7. The zero-order chi connectivity index (χ0) is 52.4. The van der Waals surface area contributed by atoms with Crippen LogP contribution in [0.1, 0.15) is 22.3 Å². The van der Waals surface area contributed by atoms with E-state index in [4.69, 9.17) is 15.0 Å². The second kappa shape index (κ2) is 19.0. The van der Waals surface area contributed by atoms with Gasteiger partial charge in [0.15, 0.2) is 17.5 Å². The van der Waals surface area contributed by atoms with E-state index >= 15 is 0 Å². The second-order valence-electron chi connectivity index (χ2n) is 20.8. The fourth-order valence-corrected chi connectivity index (χ4v) is 11.2. The van der Waals surface area contributed by atoms with Crippen LogP contribution in [0.15, 0.2) is 249 Å². The third-order valence-electron chi connectivity index (χ3n) is 15.4. The van der Waals surface area contributed by atoms with Crippen LogP contribution in [0.3, 0.4) is 0 Å². The summed E-state index contributed by atoms with van der Waals surface area (Å²) < 4.78 is 4.87. The summed E-state index contributed by atoms with van der Waals surface area (Å²) in [6.07, 6.45) is 0. The molecule has 5 nitrogen and oxygen atoms in total. The third kappa shape index (κ3) is 8.43. The van der Waals surface area contributed by atoms with Gasteiger partial charge in [-0.1, -0.05) is 204 Å². The van der Waals surface area contributed by atoms with Crippen molar-refractivity contribution in [2.45, 2.75) is 27.7 Å². The Labute approximate surface area is 454 Å². The SMILES string of the molecule is Cc1ccc(-c2ccc3c(c2)c2cc(-c4ccc(C)cc4)ccc2n3-c2cc(-c3nc(-c4ccccc4)nc(-c4ccccc4)n3)cc(-n3c4ccc(-c5ccc(C)cc5)cc4c4cc(-c5ccc(C)cc5)ccc43)c2)cc1. The van der Waals surface area contributed by atoms with E-state index in [-0.39, 0.29) is 0 Å². The Kier molecular flexibility index (Phi) is 11.3. The lowest BCUT2D eigenvalue weighted by Gasteiger charge is -2.16. The minimum atomic E-state index is 0.582. The van der Waals surface area contributed by atoms with Crippen LogP contribution in [0.2, 0.25) is 0 Å². The summed E-state index contributed by atoms with van der Waals surface area (Å²) in [5.74, 6) is 1.80. The van der Waals surface area contributed by atoms with Crippen LogP contribution in [0, 0.1) is 27.7 Å². The van der Waals surface area contributed by atoms with Gasteiger partial charge in [-0.25, -0.2) is 15.0 Å². The van der Waals surface area contributed by atoms with Gasteiger partial charge in [-0.2, -0.15) is 0 Å². The predicted octanol–water partition coefficient (Wildman–Crippen LogP) is 19.0. The summed E-state index contributed by atoms with van der Waals surface area (Å²) in [5.41, 5.74) is 23.4. The van der Waals surface area contributed by atoms with E-state index in [9.17, 15) is 0 Å². The van der Waals surface area contributed by atoms with Crippen molar-refractivity contribution in [1.29, 1.82) is 0 Å². The largest absolute Gasteiger partial charge is 0.309 e. The van der Waals surface area contributed by atoms with E-state index in [1.54, 1.807) is 0 Å². The molecule has 0 radical (unpaired) electrons. The van der Waals surface area contributed by atoms with Gasteiger partial charge < -0.3 is 9.13 Å². The number of hydrogen-bond acceptors (Lipinski definition) is 3. The van der Waals surface area contributed by atoms with E-state index in [1.165, 1.54) is 88.3 Å². The Bertz CT molecular complexity index is 4090. The fraction of sp³-hybridized carbons (Fsp3) is 0.0548. The molecule has 14 aromatic rings. The summed E-state index contributed by atoms with van der Waals surface area (Å²) >= 11 is 0. The predicted molar refractivity (Wildman–Crippen MR) is 326 cm³/mol. The average molecular weight is 1000 g/mol. The monoisotopic (exact) mass is 999 g/mol. The summed E-state index contributed by atoms with van der Waals surface area (Å²) in [6, 6.07) is 90.5. The van der Waals surface area contributed by atoms with E-state index < -0.39 is 0 Å². The summed E-state index contributed by atoms with van der Waals surface area (Å²) in [4.78, 5) is 15.8. The number of aromatic nitrogens is 5. The Morgan fingerprint density at radius 2 is 0.474 bits per heavy atom. The van der Waals surface area contributed by atoms with Gasteiger partial charge in [0.25, 0.3) is 0 Å². The van der Waals surface area contributed by atoms with Crippen LogP contribution in [-0.2, 0) is 0 Å². The number of hydrogen-bond donors (Lipinski definition) is 0. The summed E-state index contributed by atoms with van der Waals surface area (Å²) in [5, 5.41) is 4.69. The Hall–Kier alpha value is -9.97. The molecule has 0 amide bonds. The molecule has 0 aliphatic rings. The molecular formula is C73H53N5. The molecule has 3 aromatic heterocycles. The zero-order valence-corrected chi connectivity index (χ0v) is 43.9. The Morgan fingerprint density at radius 1 is 0.218 bits per heavy atom. The van der Waals surface area contributed by atoms with Crippen LogP contribution < -0.4 is 0 Å². The maximum absolute atomic E-state index is 5.36. The fourth-order valence-electron chi connectivity index (χ4n) is 11.2. The molecule has 0 N–H and O–H groups in total. The van der Waals surface area contributed by atoms with Crippen LogP contribution in [0.25, 0.3) is 134 Å². The van der Waals surface area contributed by atoms with Crippen molar-refractivity contribution in [3.63, 3.8) is 0 Å². The molecular weight excluding hydrogens is 947 g/mol. The average Bonchev–Trinajstić information content (AvgIpc) is 4.11. The molecule has 0 saturated heterocycles. The molecule has 0 bridgehead atoms. The zero-order valence-electron chi connectivity index (χ0n) is 43.9. The Balaban J connectivity index is 1.07. The molecule has 0 fully saturated rings. The minimum absolute atomic E-state index is 0.582. The second-order valence-corrected chi connectivity index (χ2v) is 20.8. The van der Waals surface area contributed by atoms with Gasteiger partial charge in [0, 0.05) is 49.6 Å². The maximum atomic E-state index is 5.36. The molecule has 11 aromatic carbocycles. The molecule has 0 aliphatic carbocycles. The van der Waals surface area contributed by atoms with Crippen LogP contribution in [-0.4, -0.2) is 24.1 Å². The minimum Gasteiger partial charge on any atom is -0.309 e. The molecule has 0 atom stereocenters. The number of benzene rings is 11. The van der Waals surface area contributed by atoms with Crippen molar-refractivity contribution in [2.24, 2.45) is 0 Å². The highest BCUT2D eigenvalue weighted by Crippen LogP contribution is 2.42. The van der Waals surface area contributed by atoms with Crippen LogP contribution in [0.5, 0.6) is 0 Å². The van der Waals surface area contributed by atoms with Crippen molar-refractivity contribution in [1.82, 2.24) is 24.1 Å². The molecule has 78 heavy (non-hydrogen) atoms. The quantitative estimate of drug-likeness (QED) is 0.145. The molecule has 0 spiro atoms. The third-order valence-corrected chi connectivity index (χ3v) is 15.4. The molecule has 14 rings (SSSR count). The van der Waals surface area contributed by atoms with E-state index in [0.717, 1.165) is 50.1 Å². The van der Waals surface area contributed by atoms with Gasteiger partial charge in [-0.05, 0) is 139 Å². The van der Waals surface area contributed by atoms with Crippen molar-refractivity contribution in [3.8, 4) is 90.0 Å². The van der Waals surface area contributed by atoms with E-state index in [1.807, 2.05) is 36.4 Å². The number of fused-ring (bicyclic) bond motifs is 6. The highest BCUT2D eigenvalue weighted by atomic mass is 15.0. The van der Waals surface area contributed by atoms with Crippen molar-refractivity contribution < 1.29 is 0 Å². The lowest BCUT2D eigenvalue weighted by molar-refractivity contribution is 1.07. The highest BCUT2D eigenvalue weighted by Gasteiger charge is 2.22. The van der Waals surface area contributed by atoms with Gasteiger partial charge in [0.1, 0.15) is 0 Å². The first-order valence-electron chi connectivity index (χ1n) is 26.7. The van der Waals surface area contributed by atoms with Crippen molar-refractivity contribution >= 4 is 43.6 Å². The van der Waals surface area contributed by atoms with Crippen molar-refractivity contribution in [3.05, 3.63) is 271 Å². The summed E-state index contributed by atoms with van der Waals surface area (Å²) in [6.45, 7) is 8.56. The molecule has 0 unspecified atom stereocenters. The van der Waals surface area contributed by atoms with Gasteiger partial charge in [-0.15, -0.1) is 0 Å². The topological polar surface area (TPSA) is 48.5 Å². The standard InChI is InChI=1S/C73H53N5/c1-46-15-23-50(24-16-46)56-31-35-67-63(41-56)64-42-57(51-25-17-47(2)18-26-51)32-36-68(64)77(67)61-39-60(73-75-71(54-11-7-5-8-12-54)74-72(76-73)55-13-9-6-10-14-55)40-62(45-61)78-69-37-33-58(52-27-19-48(3)20-28-52)43-65(69)66-44-59(34-38-70(66)78)53-29-21-49(4)22-30-53/h5-45H,1-4H3. The van der Waals surface area contributed by atoms with E-state index in [0.29, 0.717) is 17.5 Å². The number of nitrogens with zero attached hydrogens (tertiary/aromatic N) is 5. The van der Waals surface area contributed by atoms with E-state index in [2.05, 4.69) is 249 Å². The molecule has 3 heterocycles. The normalized spacial score (nSPS) is 11.6. The highest BCUT2D eigenvalue weighted by molar-refractivity contribution is 6.13. The molecule has 5 heteroatoms. The van der Waals surface area contributed by atoms with Crippen LogP contribution in [0.4, 0.5) is 0 Å². The first-order chi connectivity index (χ1) is 38.2. The van der Waals surface area contributed by atoms with Gasteiger partial charge in [0.05, 0.1) is 22.1 Å². The first kappa shape index (κ1) is 46.6. The number of rotatable bonds is 9. The van der Waals surface area contributed by atoms with Gasteiger partial charge >= 0.3 is 0 Å². The van der Waals surface area contributed by atoms with Gasteiger partial charge in [0.2, 0.25) is 0 Å². The lowest BCUT2D eigenvalue weighted by atomic mass is 9.99. The Morgan fingerprint density at radius 3 is 0.756 bits per heavy atom. The van der Waals surface area contributed by atoms with Crippen LogP contribution >= 0.6 is 0 Å². The smallest absolute Gasteiger partial charge is 0.164 e. The molecule has 370 valence electrons. The molecule has 0 saturated carbocycles.